The number of nitrogens with one attached hydrogen (secondary N) is 1. The van der Waals surface area contributed by atoms with Crippen molar-refractivity contribution in [2.75, 3.05) is 13.2 Å². The van der Waals surface area contributed by atoms with Crippen LogP contribution >= 0.6 is 0 Å². The molecule has 9 nitrogen and oxygen atoms in total. The molecule has 5 rings (SSSR count). The number of aromatic nitrogens is 4. The molecule has 4 heterocycles. The summed E-state index contributed by atoms with van der Waals surface area (Å²) in [7, 11) is 0. The Hall–Kier alpha value is -3.72. The number of hydrogen-bond donors (Lipinski definition) is 2. The normalized spacial score (nSPS) is 15.3. The van der Waals surface area contributed by atoms with Gasteiger partial charge in [-0.15, -0.1) is 0 Å². The minimum absolute atomic E-state index is 0.0786. The molecule has 0 radical (unpaired) electrons. The number of aliphatic hydroxyl groups is 1. The van der Waals surface area contributed by atoms with Crippen LogP contribution in [0.4, 0.5) is 0 Å². The summed E-state index contributed by atoms with van der Waals surface area (Å²) in [5.74, 6) is -0.0794. The van der Waals surface area contributed by atoms with Crippen molar-refractivity contribution in [3.63, 3.8) is 0 Å². The Bertz CT molecular complexity index is 1230. The number of amides is 2. The largest absolute Gasteiger partial charge is 0.394 e. The second-order valence-corrected chi connectivity index (χ2v) is 8.34. The van der Waals surface area contributed by atoms with Gasteiger partial charge in [0.2, 0.25) is 5.82 Å². The van der Waals surface area contributed by atoms with Crippen LogP contribution in [0.5, 0.6) is 0 Å². The van der Waals surface area contributed by atoms with E-state index in [0.717, 1.165) is 28.9 Å². The Kier molecular flexibility index (Phi) is 5.55. The van der Waals surface area contributed by atoms with E-state index in [1.54, 1.807) is 15.8 Å². The molecule has 0 saturated heterocycles. The van der Waals surface area contributed by atoms with Gasteiger partial charge in [0.05, 0.1) is 25.7 Å². The molecule has 1 atom stereocenters. The molecular weight excluding hydrogens is 420 g/mol. The summed E-state index contributed by atoms with van der Waals surface area (Å²) in [6.07, 6.45) is 6.92. The Labute approximate surface area is 191 Å². The molecule has 1 unspecified atom stereocenters. The highest BCUT2D eigenvalue weighted by molar-refractivity contribution is 5.95. The average Bonchev–Trinajstić information content (AvgIpc) is 3.54. The van der Waals surface area contributed by atoms with Crippen LogP contribution in [-0.4, -0.2) is 54.3 Å². The van der Waals surface area contributed by atoms with Crippen LogP contribution in [0.3, 0.4) is 0 Å². The summed E-state index contributed by atoms with van der Waals surface area (Å²) in [6, 6.07) is 9.52. The molecule has 1 aromatic carbocycles. The summed E-state index contributed by atoms with van der Waals surface area (Å²) in [5, 5.41) is 17.0. The van der Waals surface area contributed by atoms with Gasteiger partial charge in [0.25, 0.3) is 11.8 Å². The lowest BCUT2D eigenvalue weighted by atomic mass is 10.0. The maximum Gasteiger partial charge on any atom is 0.290 e. The third kappa shape index (κ3) is 3.84. The molecule has 2 aliphatic rings. The van der Waals surface area contributed by atoms with Crippen LogP contribution in [0.2, 0.25) is 0 Å². The van der Waals surface area contributed by atoms with Crippen molar-refractivity contribution in [1.82, 2.24) is 29.5 Å². The first-order valence-corrected chi connectivity index (χ1v) is 11.1. The number of carbonyl (C=O) groups is 2. The number of hydrogen-bond acceptors (Lipinski definition) is 5. The first kappa shape index (κ1) is 21.1. The van der Waals surface area contributed by atoms with E-state index in [-0.39, 0.29) is 31.0 Å². The number of imidazole rings is 1. The Morgan fingerprint density at radius 2 is 2.06 bits per heavy atom. The van der Waals surface area contributed by atoms with E-state index in [1.165, 1.54) is 0 Å². The summed E-state index contributed by atoms with van der Waals surface area (Å²) < 4.78 is 3.51. The van der Waals surface area contributed by atoms with E-state index in [1.807, 2.05) is 54.1 Å². The first-order valence-electron chi connectivity index (χ1n) is 11.1. The maximum absolute atomic E-state index is 13.2. The second kappa shape index (κ2) is 8.67. The van der Waals surface area contributed by atoms with E-state index in [2.05, 4.69) is 15.4 Å². The van der Waals surface area contributed by atoms with E-state index in [4.69, 9.17) is 0 Å². The molecule has 0 aliphatic carbocycles. The SMILES string of the molecule is CC(NC(=O)c1nn(CCO)c2c1CN(C(=O)c1ncc3n1C=CC3)CC2)c1ccccc1. The molecule has 0 saturated carbocycles. The molecule has 33 heavy (non-hydrogen) atoms. The quantitative estimate of drug-likeness (QED) is 0.601. The summed E-state index contributed by atoms with van der Waals surface area (Å²) in [4.78, 5) is 32.5. The average molecular weight is 447 g/mol. The van der Waals surface area contributed by atoms with Gasteiger partial charge in [-0.1, -0.05) is 36.4 Å². The first-order chi connectivity index (χ1) is 16.1. The standard InChI is InChI=1S/C24H26N6O3/c1-16(17-6-3-2-4-7-17)26-23(32)21-19-15-28(11-9-20(19)30(27-21)12-13-31)24(33)22-25-14-18-8-5-10-29(18)22/h2-7,10,14,16,31H,8-9,11-13,15H2,1H3,(H,26,32). The molecule has 9 heteroatoms. The number of nitrogens with zero attached hydrogens (tertiary/aromatic N) is 5. The number of carbonyl (C=O) groups excluding carboxylic acids is 2. The lowest BCUT2D eigenvalue weighted by Gasteiger charge is -2.27. The number of benzene rings is 1. The van der Waals surface area contributed by atoms with Gasteiger partial charge in [0, 0.05) is 48.7 Å². The van der Waals surface area contributed by atoms with Gasteiger partial charge in [-0.05, 0) is 12.5 Å². The third-order valence-electron chi connectivity index (χ3n) is 6.24. The summed E-state index contributed by atoms with van der Waals surface area (Å²) in [6.45, 7) is 2.91. The molecule has 2 aliphatic heterocycles. The molecule has 0 spiro atoms. The van der Waals surface area contributed by atoms with Gasteiger partial charge in [-0.3, -0.25) is 18.8 Å². The number of aliphatic hydroxyl groups excluding tert-OH is 1. The third-order valence-corrected chi connectivity index (χ3v) is 6.24. The van der Waals surface area contributed by atoms with Gasteiger partial charge in [-0.2, -0.15) is 5.10 Å². The second-order valence-electron chi connectivity index (χ2n) is 8.34. The van der Waals surface area contributed by atoms with Gasteiger partial charge in [0.1, 0.15) is 0 Å². The smallest absolute Gasteiger partial charge is 0.290 e. The van der Waals surface area contributed by atoms with Crippen molar-refractivity contribution in [3.8, 4) is 0 Å². The zero-order valence-electron chi connectivity index (χ0n) is 18.4. The molecule has 2 aromatic heterocycles. The topological polar surface area (TPSA) is 105 Å². The van der Waals surface area contributed by atoms with Gasteiger partial charge >= 0.3 is 0 Å². The van der Waals surface area contributed by atoms with Crippen molar-refractivity contribution in [3.05, 3.63) is 76.6 Å². The van der Waals surface area contributed by atoms with Crippen molar-refractivity contribution in [2.45, 2.75) is 38.9 Å². The zero-order valence-corrected chi connectivity index (χ0v) is 18.4. The lowest BCUT2D eigenvalue weighted by Crippen LogP contribution is -2.38. The molecule has 2 amide bonds. The molecule has 170 valence electrons. The predicted octanol–water partition coefficient (Wildman–Crippen LogP) is 1.79. The predicted molar refractivity (Wildman–Crippen MR) is 121 cm³/mol. The molecule has 3 aromatic rings. The van der Waals surface area contributed by atoms with Crippen LogP contribution in [0.25, 0.3) is 6.20 Å². The fourth-order valence-corrected chi connectivity index (χ4v) is 4.51. The van der Waals surface area contributed by atoms with E-state index >= 15 is 0 Å². The van der Waals surface area contributed by atoms with Gasteiger partial charge in [-0.25, -0.2) is 4.98 Å². The van der Waals surface area contributed by atoms with Crippen molar-refractivity contribution < 1.29 is 14.7 Å². The minimum atomic E-state index is -0.293. The Morgan fingerprint density at radius 1 is 1.24 bits per heavy atom. The van der Waals surface area contributed by atoms with Crippen LogP contribution in [0.1, 0.15) is 56.6 Å². The highest BCUT2D eigenvalue weighted by atomic mass is 16.3. The van der Waals surface area contributed by atoms with Crippen LogP contribution < -0.4 is 5.32 Å². The number of rotatable bonds is 6. The van der Waals surface area contributed by atoms with Gasteiger partial charge < -0.3 is 15.3 Å². The molecule has 0 fully saturated rings. The highest BCUT2D eigenvalue weighted by Crippen LogP contribution is 2.26. The monoisotopic (exact) mass is 446 g/mol. The minimum Gasteiger partial charge on any atom is -0.394 e. The number of allylic oxidation sites excluding steroid dienone is 1. The van der Waals surface area contributed by atoms with Crippen LogP contribution in [0, 0.1) is 0 Å². The van der Waals surface area contributed by atoms with Crippen molar-refractivity contribution in [2.24, 2.45) is 0 Å². The molecule has 0 bridgehead atoms. The molecular formula is C24H26N6O3. The van der Waals surface area contributed by atoms with Crippen LogP contribution in [-0.2, 0) is 25.9 Å². The Balaban J connectivity index is 1.41. The van der Waals surface area contributed by atoms with Crippen LogP contribution in [0.15, 0.2) is 42.6 Å². The summed E-state index contributed by atoms with van der Waals surface area (Å²) in [5.41, 5.74) is 3.89. The highest BCUT2D eigenvalue weighted by Gasteiger charge is 2.32. The fourth-order valence-electron chi connectivity index (χ4n) is 4.51. The van der Waals surface area contributed by atoms with Gasteiger partial charge in [0.15, 0.2) is 5.69 Å². The Morgan fingerprint density at radius 3 is 2.85 bits per heavy atom. The maximum atomic E-state index is 13.2. The fraction of sp³-hybridized carbons (Fsp3) is 0.333. The van der Waals surface area contributed by atoms with E-state index in [9.17, 15) is 14.7 Å². The number of fused-ring (bicyclic) bond motifs is 2. The zero-order chi connectivity index (χ0) is 22.9. The van der Waals surface area contributed by atoms with Crippen molar-refractivity contribution >= 4 is 18.0 Å². The van der Waals surface area contributed by atoms with Crippen molar-refractivity contribution in [1.29, 1.82) is 0 Å². The molecule has 2 N–H and O–H groups in total. The summed E-state index contributed by atoms with van der Waals surface area (Å²) >= 11 is 0. The van der Waals surface area contributed by atoms with E-state index in [0.29, 0.717) is 31.0 Å². The van der Waals surface area contributed by atoms with E-state index < -0.39 is 0 Å². The lowest BCUT2D eigenvalue weighted by molar-refractivity contribution is 0.0716.